The smallest absolute Gasteiger partial charge is 0.254 e. The summed E-state index contributed by atoms with van der Waals surface area (Å²) in [7, 11) is 0. The van der Waals surface area contributed by atoms with Gasteiger partial charge in [-0.25, -0.2) is 4.68 Å². The average Bonchev–Trinajstić information content (AvgIpc) is 3.17. The summed E-state index contributed by atoms with van der Waals surface area (Å²) in [4.78, 5) is 14.6. The molecule has 1 saturated heterocycles. The lowest BCUT2D eigenvalue weighted by Gasteiger charge is -2.25. The molecule has 1 aliphatic heterocycles. The first-order valence-electron chi connectivity index (χ1n) is 7.74. The highest BCUT2D eigenvalue weighted by atomic mass is 16.3. The van der Waals surface area contributed by atoms with Gasteiger partial charge in [0.1, 0.15) is 0 Å². The Bertz CT molecular complexity index is 620. The summed E-state index contributed by atoms with van der Waals surface area (Å²) >= 11 is 0. The van der Waals surface area contributed by atoms with Gasteiger partial charge in [0.2, 0.25) is 0 Å². The van der Waals surface area contributed by atoms with Gasteiger partial charge in [-0.15, -0.1) is 0 Å². The third-order valence-corrected chi connectivity index (χ3v) is 4.13. The predicted molar refractivity (Wildman–Crippen MR) is 83.9 cm³/mol. The van der Waals surface area contributed by atoms with Gasteiger partial charge < -0.3 is 10.0 Å². The first-order valence-corrected chi connectivity index (χ1v) is 7.74. The fraction of sp³-hybridized carbons (Fsp3) is 0.412. The number of aliphatic hydroxyl groups is 1. The highest BCUT2D eigenvalue weighted by molar-refractivity contribution is 5.94. The number of hydrogen-bond acceptors (Lipinski definition) is 3. The summed E-state index contributed by atoms with van der Waals surface area (Å²) in [6.45, 7) is 2.55. The van der Waals surface area contributed by atoms with Crippen molar-refractivity contribution in [1.82, 2.24) is 14.7 Å². The molecule has 1 amide bonds. The molecule has 1 aromatic carbocycles. The van der Waals surface area contributed by atoms with Crippen molar-refractivity contribution >= 4 is 5.91 Å². The number of carbonyl (C=O) groups excluding carboxylic acids is 1. The Morgan fingerprint density at radius 2 is 2.18 bits per heavy atom. The van der Waals surface area contributed by atoms with Gasteiger partial charge in [-0.3, -0.25) is 4.79 Å². The third kappa shape index (κ3) is 3.04. The number of aliphatic hydroxyl groups excluding tert-OH is 1. The van der Waals surface area contributed by atoms with Crippen LogP contribution in [0.2, 0.25) is 0 Å². The van der Waals surface area contributed by atoms with Gasteiger partial charge in [0.15, 0.2) is 0 Å². The molecule has 0 saturated carbocycles. The molecule has 0 bridgehead atoms. The molecule has 5 nitrogen and oxygen atoms in total. The van der Waals surface area contributed by atoms with E-state index in [9.17, 15) is 9.90 Å². The SMILES string of the molecule is CC(O)CC1CCCN1C(=O)c1ccc(-n2cccn2)cc1. The van der Waals surface area contributed by atoms with E-state index < -0.39 is 0 Å². The van der Waals surface area contributed by atoms with Crippen LogP contribution >= 0.6 is 0 Å². The number of nitrogens with zero attached hydrogens (tertiary/aromatic N) is 3. The Hall–Kier alpha value is -2.14. The monoisotopic (exact) mass is 299 g/mol. The molecule has 2 unspecified atom stereocenters. The Labute approximate surface area is 130 Å². The topological polar surface area (TPSA) is 58.4 Å². The second-order valence-corrected chi connectivity index (χ2v) is 5.88. The molecule has 1 aliphatic rings. The molecular weight excluding hydrogens is 278 g/mol. The molecule has 2 atom stereocenters. The maximum atomic E-state index is 12.7. The largest absolute Gasteiger partial charge is 0.393 e. The molecule has 0 aliphatic carbocycles. The molecular formula is C17H21N3O2. The summed E-state index contributed by atoms with van der Waals surface area (Å²) in [5.41, 5.74) is 1.62. The highest BCUT2D eigenvalue weighted by Gasteiger charge is 2.30. The summed E-state index contributed by atoms with van der Waals surface area (Å²) in [6, 6.07) is 9.51. The molecule has 22 heavy (non-hydrogen) atoms. The Morgan fingerprint density at radius 3 is 2.82 bits per heavy atom. The van der Waals surface area contributed by atoms with E-state index >= 15 is 0 Å². The summed E-state index contributed by atoms with van der Waals surface area (Å²) < 4.78 is 1.76. The van der Waals surface area contributed by atoms with Crippen molar-refractivity contribution in [2.24, 2.45) is 0 Å². The van der Waals surface area contributed by atoms with E-state index in [1.165, 1.54) is 0 Å². The van der Waals surface area contributed by atoms with E-state index in [-0.39, 0.29) is 18.1 Å². The van der Waals surface area contributed by atoms with Crippen LogP contribution in [0.25, 0.3) is 5.69 Å². The van der Waals surface area contributed by atoms with Crippen LogP contribution in [-0.4, -0.2) is 44.4 Å². The zero-order chi connectivity index (χ0) is 15.5. The zero-order valence-corrected chi connectivity index (χ0v) is 12.7. The fourth-order valence-corrected chi connectivity index (χ4v) is 3.09. The van der Waals surface area contributed by atoms with Crippen LogP contribution in [0.1, 0.15) is 36.5 Å². The molecule has 5 heteroatoms. The van der Waals surface area contributed by atoms with E-state index in [0.29, 0.717) is 12.0 Å². The van der Waals surface area contributed by atoms with Crippen molar-refractivity contribution in [3.63, 3.8) is 0 Å². The lowest BCUT2D eigenvalue weighted by atomic mass is 10.1. The van der Waals surface area contributed by atoms with Crippen LogP contribution in [0.15, 0.2) is 42.7 Å². The van der Waals surface area contributed by atoms with Gasteiger partial charge >= 0.3 is 0 Å². The van der Waals surface area contributed by atoms with Crippen LogP contribution in [0, 0.1) is 0 Å². The number of likely N-dealkylation sites (tertiary alicyclic amines) is 1. The first-order chi connectivity index (χ1) is 10.6. The minimum atomic E-state index is -0.374. The first kappa shape index (κ1) is 14.8. The number of hydrogen-bond donors (Lipinski definition) is 1. The van der Waals surface area contributed by atoms with Crippen LogP contribution in [0.3, 0.4) is 0 Å². The van der Waals surface area contributed by atoms with Gasteiger partial charge in [0.05, 0.1) is 11.8 Å². The van der Waals surface area contributed by atoms with Crippen molar-refractivity contribution in [2.45, 2.75) is 38.3 Å². The zero-order valence-electron chi connectivity index (χ0n) is 12.7. The van der Waals surface area contributed by atoms with Crippen molar-refractivity contribution in [3.05, 3.63) is 48.3 Å². The molecule has 116 valence electrons. The van der Waals surface area contributed by atoms with E-state index in [2.05, 4.69) is 5.10 Å². The normalized spacial score (nSPS) is 19.4. The number of carbonyl (C=O) groups is 1. The fourth-order valence-electron chi connectivity index (χ4n) is 3.09. The van der Waals surface area contributed by atoms with Crippen molar-refractivity contribution in [3.8, 4) is 5.69 Å². The van der Waals surface area contributed by atoms with Gasteiger partial charge in [0, 0.05) is 30.5 Å². The third-order valence-electron chi connectivity index (χ3n) is 4.13. The molecule has 1 N–H and O–H groups in total. The quantitative estimate of drug-likeness (QED) is 0.942. The Balaban J connectivity index is 1.74. The van der Waals surface area contributed by atoms with Crippen LogP contribution in [0.5, 0.6) is 0 Å². The van der Waals surface area contributed by atoms with Crippen LogP contribution in [-0.2, 0) is 0 Å². The van der Waals surface area contributed by atoms with Crippen LogP contribution < -0.4 is 0 Å². The molecule has 0 radical (unpaired) electrons. The average molecular weight is 299 g/mol. The van der Waals surface area contributed by atoms with Gasteiger partial charge in [-0.2, -0.15) is 5.10 Å². The summed E-state index contributed by atoms with van der Waals surface area (Å²) in [6.07, 6.45) is 5.86. The van der Waals surface area contributed by atoms with E-state index in [1.807, 2.05) is 41.4 Å². The molecule has 3 rings (SSSR count). The van der Waals surface area contributed by atoms with Gasteiger partial charge in [-0.05, 0) is 56.5 Å². The van der Waals surface area contributed by atoms with Crippen molar-refractivity contribution in [2.75, 3.05) is 6.54 Å². The number of amides is 1. The Kier molecular flexibility index (Phi) is 4.24. The molecule has 2 aromatic rings. The predicted octanol–water partition coefficient (Wildman–Crippen LogP) is 2.25. The molecule has 1 aromatic heterocycles. The Morgan fingerprint density at radius 1 is 1.41 bits per heavy atom. The lowest BCUT2D eigenvalue weighted by molar-refractivity contribution is 0.0682. The summed E-state index contributed by atoms with van der Waals surface area (Å²) in [5.74, 6) is 0.0511. The standard InChI is InChI=1S/C17H21N3O2/c1-13(21)12-16-4-2-10-19(16)17(22)14-5-7-15(8-6-14)20-11-3-9-18-20/h3,5-9,11,13,16,21H,2,4,10,12H2,1H3. The second-order valence-electron chi connectivity index (χ2n) is 5.88. The number of benzene rings is 1. The molecule has 1 fully saturated rings. The molecule has 0 spiro atoms. The maximum absolute atomic E-state index is 12.7. The van der Waals surface area contributed by atoms with Crippen molar-refractivity contribution < 1.29 is 9.90 Å². The minimum Gasteiger partial charge on any atom is -0.393 e. The minimum absolute atomic E-state index is 0.0511. The highest BCUT2D eigenvalue weighted by Crippen LogP contribution is 2.24. The maximum Gasteiger partial charge on any atom is 0.254 e. The number of rotatable bonds is 4. The number of aromatic nitrogens is 2. The van der Waals surface area contributed by atoms with Gasteiger partial charge in [0.25, 0.3) is 5.91 Å². The van der Waals surface area contributed by atoms with E-state index in [4.69, 9.17) is 0 Å². The van der Waals surface area contributed by atoms with E-state index in [0.717, 1.165) is 25.1 Å². The molecule has 2 heterocycles. The lowest BCUT2D eigenvalue weighted by Crippen LogP contribution is -2.37. The second kappa shape index (κ2) is 6.32. The van der Waals surface area contributed by atoms with Crippen LogP contribution in [0.4, 0.5) is 0 Å². The summed E-state index contributed by atoms with van der Waals surface area (Å²) in [5, 5.41) is 13.8. The van der Waals surface area contributed by atoms with Crippen molar-refractivity contribution in [1.29, 1.82) is 0 Å². The van der Waals surface area contributed by atoms with Gasteiger partial charge in [-0.1, -0.05) is 0 Å². The van der Waals surface area contributed by atoms with E-state index in [1.54, 1.807) is 17.8 Å².